The maximum atomic E-state index is 12.0. The smallest absolute Gasteiger partial charge is 0.328 e. The number of nitrogens with zero attached hydrogens (tertiary/aromatic N) is 1. The lowest BCUT2D eigenvalue weighted by atomic mass is 10.0. The van der Waals surface area contributed by atoms with Gasteiger partial charge in [-0.1, -0.05) is 28.1 Å². The molecule has 3 rings (SSSR count). The fraction of sp³-hybridized carbons (Fsp3) is 0.450. The number of halogens is 1. The van der Waals surface area contributed by atoms with Gasteiger partial charge in [0.05, 0.1) is 6.42 Å². The van der Waals surface area contributed by atoms with E-state index in [9.17, 15) is 14.4 Å². The van der Waals surface area contributed by atoms with Crippen molar-refractivity contribution >= 4 is 33.8 Å². The second-order valence-corrected chi connectivity index (χ2v) is 7.86. The highest BCUT2D eigenvalue weighted by Crippen LogP contribution is 2.35. The number of carboxylic acid groups (broad SMARTS) is 2. The minimum absolute atomic E-state index is 0.0960. The van der Waals surface area contributed by atoms with E-state index in [-0.39, 0.29) is 12.1 Å². The molecule has 2 aliphatic heterocycles. The highest BCUT2D eigenvalue weighted by atomic mass is 79.9. The van der Waals surface area contributed by atoms with Crippen molar-refractivity contribution in [3.63, 3.8) is 0 Å². The third-order valence-electron chi connectivity index (χ3n) is 4.98. The van der Waals surface area contributed by atoms with E-state index in [0.717, 1.165) is 22.9 Å². The van der Waals surface area contributed by atoms with Crippen molar-refractivity contribution in [3.8, 4) is 0 Å². The molecule has 1 aromatic rings. The SMILES string of the molecule is CN1C2CCC1CC(OC(=O)Cc1ccc(Br)cc1)C2.O=C(O)/C=C\C(=O)O. The molecule has 2 bridgehead atoms. The minimum atomic E-state index is -1.26. The van der Waals surface area contributed by atoms with E-state index < -0.39 is 11.9 Å². The van der Waals surface area contributed by atoms with Crippen molar-refractivity contribution < 1.29 is 29.3 Å². The summed E-state index contributed by atoms with van der Waals surface area (Å²) in [5, 5.41) is 15.6. The highest BCUT2D eigenvalue weighted by Gasteiger charge is 2.39. The summed E-state index contributed by atoms with van der Waals surface area (Å²) in [7, 11) is 2.20. The maximum Gasteiger partial charge on any atom is 0.328 e. The standard InChI is InChI=1S/C16H20BrNO2.C4H4O4/c1-18-13-6-7-14(18)10-15(9-13)20-16(19)8-11-2-4-12(17)5-3-11;5-3(6)1-2-4(7)8/h2-5,13-15H,6-10H2,1H3;1-2H,(H,5,6)(H,7,8)/b;2-1-. The first-order valence-electron chi connectivity index (χ1n) is 9.04. The van der Waals surface area contributed by atoms with Gasteiger partial charge in [-0.25, -0.2) is 9.59 Å². The van der Waals surface area contributed by atoms with Crippen LogP contribution in [0.5, 0.6) is 0 Å². The molecule has 0 amide bonds. The third kappa shape index (κ3) is 7.09. The van der Waals surface area contributed by atoms with Gasteiger partial charge in [-0.05, 0) is 50.4 Å². The summed E-state index contributed by atoms with van der Waals surface area (Å²) >= 11 is 3.40. The Morgan fingerprint density at radius 3 is 2.04 bits per heavy atom. The molecular formula is C20H24BrNO6. The Kier molecular flexibility index (Phi) is 8.19. The molecule has 28 heavy (non-hydrogen) atoms. The van der Waals surface area contributed by atoms with Crippen LogP contribution in [-0.2, 0) is 25.5 Å². The first kappa shape index (κ1) is 22.1. The van der Waals surface area contributed by atoms with Gasteiger partial charge in [0.1, 0.15) is 6.10 Å². The number of piperidine rings is 1. The zero-order valence-corrected chi connectivity index (χ0v) is 17.2. The van der Waals surface area contributed by atoms with Crippen LogP contribution in [0.4, 0.5) is 0 Å². The van der Waals surface area contributed by atoms with Crippen molar-refractivity contribution in [3.05, 3.63) is 46.5 Å². The molecule has 2 heterocycles. The average molecular weight is 454 g/mol. The molecule has 0 aliphatic carbocycles. The molecule has 152 valence electrons. The number of rotatable bonds is 5. The Bertz CT molecular complexity index is 703. The lowest BCUT2D eigenvalue weighted by Gasteiger charge is -2.35. The van der Waals surface area contributed by atoms with Crippen LogP contribution < -0.4 is 0 Å². The van der Waals surface area contributed by atoms with E-state index in [4.69, 9.17) is 14.9 Å². The zero-order chi connectivity index (χ0) is 20.7. The molecule has 0 spiro atoms. The number of hydrogen-bond donors (Lipinski definition) is 2. The third-order valence-corrected chi connectivity index (χ3v) is 5.51. The molecule has 0 radical (unpaired) electrons. The van der Waals surface area contributed by atoms with Crippen LogP contribution in [0.15, 0.2) is 40.9 Å². The fourth-order valence-corrected chi connectivity index (χ4v) is 3.86. The van der Waals surface area contributed by atoms with Crippen LogP contribution in [0.2, 0.25) is 0 Å². The van der Waals surface area contributed by atoms with E-state index in [2.05, 4.69) is 27.9 Å². The fourth-order valence-electron chi connectivity index (χ4n) is 3.60. The number of carbonyl (C=O) groups is 3. The Morgan fingerprint density at radius 2 is 1.57 bits per heavy atom. The van der Waals surface area contributed by atoms with Crippen LogP contribution >= 0.6 is 15.9 Å². The number of carboxylic acids is 2. The van der Waals surface area contributed by atoms with E-state index in [1.165, 1.54) is 12.8 Å². The zero-order valence-electron chi connectivity index (χ0n) is 15.6. The summed E-state index contributed by atoms with van der Waals surface area (Å²) in [5.41, 5.74) is 1.01. The quantitative estimate of drug-likeness (QED) is 0.521. The second kappa shape index (κ2) is 10.4. The number of carbonyl (C=O) groups excluding carboxylic acids is 1. The van der Waals surface area contributed by atoms with Crippen molar-refractivity contribution in [2.24, 2.45) is 0 Å². The van der Waals surface area contributed by atoms with Gasteiger partial charge in [0.2, 0.25) is 0 Å². The van der Waals surface area contributed by atoms with Gasteiger partial charge in [0.15, 0.2) is 0 Å². The number of ether oxygens (including phenoxy) is 1. The number of benzene rings is 1. The van der Waals surface area contributed by atoms with Crippen LogP contribution in [0, 0.1) is 0 Å². The van der Waals surface area contributed by atoms with Crippen molar-refractivity contribution in [1.82, 2.24) is 4.90 Å². The van der Waals surface area contributed by atoms with Gasteiger partial charge in [0.25, 0.3) is 0 Å². The summed E-state index contributed by atoms with van der Waals surface area (Å²) in [4.78, 5) is 33.6. The van der Waals surface area contributed by atoms with Crippen molar-refractivity contribution in [2.75, 3.05) is 7.05 Å². The lowest BCUT2D eigenvalue weighted by molar-refractivity contribution is -0.151. The van der Waals surface area contributed by atoms with Gasteiger partial charge in [0, 0.05) is 28.7 Å². The van der Waals surface area contributed by atoms with Gasteiger partial charge in [-0.3, -0.25) is 4.79 Å². The molecule has 2 unspecified atom stereocenters. The summed E-state index contributed by atoms with van der Waals surface area (Å²) in [6.45, 7) is 0. The Hall–Kier alpha value is -2.19. The first-order valence-corrected chi connectivity index (χ1v) is 9.83. The van der Waals surface area contributed by atoms with Crippen LogP contribution in [0.3, 0.4) is 0 Å². The monoisotopic (exact) mass is 453 g/mol. The van der Waals surface area contributed by atoms with E-state index in [0.29, 0.717) is 30.7 Å². The van der Waals surface area contributed by atoms with Crippen LogP contribution in [0.25, 0.3) is 0 Å². The molecule has 2 saturated heterocycles. The largest absolute Gasteiger partial charge is 0.478 e. The molecule has 0 saturated carbocycles. The molecule has 2 atom stereocenters. The van der Waals surface area contributed by atoms with E-state index in [1.54, 1.807) is 0 Å². The summed E-state index contributed by atoms with van der Waals surface area (Å²) in [6.07, 6.45) is 6.10. The molecule has 7 nitrogen and oxygen atoms in total. The number of fused-ring (bicyclic) bond motifs is 2. The van der Waals surface area contributed by atoms with Crippen LogP contribution in [0.1, 0.15) is 31.2 Å². The van der Waals surface area contributed by atoms with E-state index in [1.807, 2.05) is 24.3 Å². The van der Waals surface area contributed by atoms with Gasteiger partial charge < -0.3 is 19.8 Å². The maximum absolute atomic E-state index is 12.0. The number of aliphatic carboxylic acids is 2. The predicted molar refractivity (Wildman–Crippen MR) is 106 cm³/mol. The molecule has 0 aromatic heterocycles. The summed E-state index contributed by atoms with van der Waals surface area (Å²) in [5.74, 6) is -2.61. The number of esters is 1. The Balaban J connectivity index is 0.000000300. The van der Waals surface area contributed by atoms with Crippen molar-refractivity contribution in [2.45, 2.75) is 50.3 Å². The molecular weight excluding hydrogens is 430 g/mol. The number of hydrogen-bond acceptors (Lipinski definition) is 5. The predicted octanol–water partition coefficient (Wildman–Crippen LogP) is 2.87. The minimum Gasteiger partial charge on any atom is -0.478 e. The molecule has 2 aliphatic rings. The molecule has 8 heteroatoms. The summed E-state index contributed by atoms with van der Waals surface area (Å²) in [6, 6.07) is 9.06. The van der Waals surface area contributed by atoms with Gasteiger partial charge >= 0.3 is 17.9 Å². The topological polar surface area (TPSA) is 104 Å². The average Bonchev–Trinajstić information content (AvgIpc) is 2.83. The normalized spacial score (nSPS) is 23.7. The Labute approximate surface area is 172 Å². The second-order valence-electron chi connectivity index (χ2n) is 6.95. The molecule has 2 fully saturated rings. The van der Waals surface area contributed by atoms with E-state index >= 15 is 0 Å². The van der Waals surface area contributed by atoms with Gasteiger partial charge in [-0.15, -0.1) is 0 Å². The lowest BCUT2D eigenvalue weighted by Crippen LogP contribution is -2.43. The van der Waals surface area contributed by atoms with Crippen molar-refractivity contribution in [1.29, 1.82) is 0 Å². The molecule has 1 aromatic carbocycles. The van der Waals surface area contributed by atoms with Crippen LogP contribution in [-0.4, -0.2) is 58.3 Å². The van der Waals surface area contributed by atoms with Gasteiger partial charge in [-0.2, -0.15) is 0 Å². The Morgan fingerprint density at radius 1 is 1.07 bits per heavy atom. The highest BCUT2D eigenvalue weighted by molar-refractivity contribution is 9.10. The first-order chi connectivity index (χ1) is 13.2. The molecule has 2 N–H and O–H groups in total. The summed E-state index contributed by atoms with van der Waals surface area (Å²) < 4.78 is 6.71.